The number of hydrogen-bond acceptors (Lipinski definition) is 3. The first kappa shape index (κ1) is 12.4. The van der Waals surface area contributed by atoms with Gasteiger partial charge in [0, 0.05) is 6.54 Å². The van der Waals surface area contributed by atoms with Crippen molar-refractivity contribution < 1.29 is 14.3 Å². The van der Waals surface area contributed by atoms with Gasteiger partial charge in [-0.1, -0.05) is 24.3 Å². The number of aliphatic hydroxyl groups is 1. The highest BCUT2D eigenvalue weighted by atomic mass is 16.3. The van der Waals surface area contributed by atoms with E-state index in [9.17, 15) is 4.79 Å². The van der Waals surface area contributed by atoms with Gasteiger partial charge >= 0.3 is 0 Å². The van der Waals surface area contributed by atoms with E-state index in [1.165, 1.54) is 6.26 Å². The minimum Gasteiger partial charge on any atom is -0.469 e. The van der Waals surface area contributed by atoms with Gasteiger partial charge in [-0.25, -0.2) is 0 Å². The molecule has 0 saturated carbocycles. The van der Waals surface area contributed by atoms with Crippen LogP contribution in [-0.2, 0) is 13.2 Å². The Morgan fingerprint density at radius 2 is 1.94 bits per heavy atom. The molecule has 4 nitrogen and oxygen atoms in total. The van der Waals surface area contributed by atoms with Crippen LogP contribution in [0.3, 0.4) is 0 Å². The molecule has 0 aliphatic rings. The molecule has 94 valence electrons. The van der Waals surface area contributed by atoms with E-state index < -0.39 is 0 Å². The smallest absolute Gasteiger partial charge is 0.254 e. The Balaban J connectivity index is 1.92. The summed E-state index contributed by atoms with van der Waals surface area (Å²) in [5, 5.41) is 11.7. The monoisotopic (exact) mass is 245 g/mol. The van der Waals surface area contributed by atoms with Crippen molar-refractivity contribution in [2.45, 2.75) is 20.1 Å². The molecule has 1 amide bonds. The van der Waals surface area contributed by atoms with Crippen molar-refractivity contribution in [2.24, 2.45) is 0 Å². The molecule has 0 aliphatic heterocycles. The second-order valence-corrected chi connectivity index (χ2v) is 4.10. The number of furan rings is 1. The highest BCUT2D eigenvalue weighted by Gasteiger charge is 2.07. The molecule has 0 bridgehead atoms. The number of nitrogens with one attached hydrogen (secondary N) is 1. The van der Waals surface area contributed by atoms with Crippen molar-refractivity contribution in [3.05, 3.63) is 59.0 Å². The Hall–Kier alpha value is -2.07. The minimum atomic E-state index is -0.155. The van der Waals surface area contributed by atoms with E-state index in [4.69, 9.17) is 9.52 Å². The molecule has 0 aliphatic carbocycles. The van der Waals surface area contributed by atoms with E-state index in [1.54, 1.807) is 13.0 Å². The van der Waals surface area contributed by atoms with Crippen LogP contribution < -0.4 is 5.32 Å². The molecule has 2 N–H and O–H groups in total. The predicted octanol–water partition coefficient (Wildman–Crippen LogP) is 2.01. The van der Waals surface area contributed by atoms with E-state index in [0.29, 0.717) is 17.9 Å². The number of amides is 1. The molecule has 1 aromatic carbocycles. The van der Waals surface area contributed by atoms with Crippen molar-refractivity contribution in [1.29, 1.82) is 0 Å². The quantitative estimate of drug-likeness (QED) is 0.866. The lowest BCUT2D eigenvalue weighted by atomic mass is 10.1. The zero-order valence-corrected chi connectivity index (χ0v) is 10.1. The maximum atomic E-state index is 11.7. The molecule has 0 unspecified atom stereocenters. The first-order valence-corrected chi connectivity index (χ1v) is 5.71. The van der Waals surface area contributed by atoms with Gasteiger partial charge in [-0.3, -0.25) is 4.79 Å². The number of benzene rings is 1. The number of rotatable bonds is 4. The van der Waals surface area contributed by atoms with Crippen molar-refractivity contribution in [3.63, 3.8) is 0 Å². The molecule has 2 rings (SSSR count). The SMILES string of the molecule is Cc1cc(C(=O)NCc2ccc(CO)cc2)co1. The van der Waals surface area contributed by atoms with Crippen LogP contribution in [0, 0.1) is 6.92 Å². The van der Waals surface area contributed by atoms with Crippen molar-refractivity contribution >= 4 is 5.91 Å². The number of hydrogen-bond donors (Lipinski definition) is 2. The maximum absolute atomic E-state index is 11.7. The fraction of sp³-hybridized carbons (Fsp3) is 0.214. The van der Waals surface area contributed by atoms with Gasteiger partial charge in [0.25, 0.3) is 5.91 Å². The summed E-state index contributed by atoms with van der Waals surface area (Å²) in [6, 6.07) is 9.13. The number of aryl methyl sites for hydroxylation is 1. The summed E-state index contributed by atoms with van der Waals surface area (Å²) >= 11 is 0. The van der Waals surface area contributed by atoms with Crippen molar-refractivity contribution in [2.75, 3.05) is 0 Å². The van der Waals surface area contributed by atoms with Crippen LogP contribution in [0.25, 0.3) is 0 Å². The Morgan fingerprint density at radius 3 is 2.50 bits per heavy atom. The molecule has 0 spiro atoms. The van der Waals surface area contributed by atoms with Crippen molar-refractivity contribution in [1.82, 2.24) is 5.32 Å². The number of aliphatic hydroxyl groups excluding tert-OH is 1. The third-order valence-corrected chi connectivity index (χ3v) is 2.65. The lowest BCUT2D eigenvalue weighted by Gasteiger charge is -2.04. The summed E-state index contributed by atoms with van der Waals surface area (Å²) in [6.45, 7) is 2.28. The first-order chi connectivity index (χ1) is 8.69. The maximum Gasteiger partial charge on any atom is 0.254 e. The summed E-state index contributed by atoms with van der Waals surface area (Å²) in [7, 11) is 0. The highest BCUT2D eigenvalue weighted by Crippen LogP contribution is 2.07. The Labute approximate surface area is 105 Å². The second-order valence-electron chi connectivity index (χ2n) is 4.10. The van der Waals surface area contributed by atoms with E-state index in [2.05, 4.69) is 5.32 Å². The van der Waals surface area contributed by atoms with Gasteiger partial charge in [0.1, 0.15) is 12.0 Å². The van der Waals surface area contributed by atoms with E-state index in [1.807, 2.05) is 24.3 Å². The molecule has 0 saturated heterocycles. The largest absolute Gasteiger partial charge is 0.469 e. The zero-order valence-electron chi connectivity index (χ0n) is 10.1. The molecule has 1 aromatic heterocycles. The average molecular weight is 245 g/mol. The van der Waals surface area contributed by atoms with Crippen LogP contribution in [0.5, 0.6) is 0 Å². The van der Waals surface area contributed by atoms with Crippen LogP contribution >= 0.6 is 0 Å². The van der Waals surface area contributed by atoms with Gasteiger partial charge < -0.3 is 14.8 Å². The van der Waals surface area contributed by atoms with Gasteiger partial charge in [-0.2, -0.15) is 0 Å². The highest BCUT2D eigenvalue weighted by molar-refractivity contribution is 5.93. The van der Waals surface area contributed by atoms with Crippen molar-refractivity contribution in [3.8, 4) is 0 Å². The van der Waals surface area contributed by atoms with Crippen LogP contribution in [0.2, 0.25) is 0 Å². The minimum absolute atomic E-state index is 0.0287. The Bertz CT molecular complexity index is 528. The standard InChI is InChI=1S/C14H15NO3/c1-10-6-13(9-18-10)14(17)15-7-11-2-4-12(8-16)5-3-11/h2-6,9,16H,7-8H2,1H3,(H,15,17). The summed E-state index contributed by atoms with van der Waals surface area (Å²) in [6.07, 6.45) is 1.44. The van der Waals surface area contributed by atoms with Gasteiger partial charge in [0.15, 0.2) is 0 Å². The molecule has 4 heteroatoms. The van der Waals surface area contributed by atoms with Gasteiger partial charge in [0.2, 0.25) is 0 Å². The summed E-state index contributed by atoms with van der Waals surface area (Å²) in [5.41, 5.74) is 2.37. The van der Waals surface area contributed by atoms with Gasteiger partial charge in [-0.15, -0.1) is 0 Å². The van der Waals surface area contributed by atoms with Gasteiger partial charge in [0.05, 0.1) is 12.2 Å². The predicted molar refractivity (Wildman–Crippen MR) is 67.0 cm³/mol. The van der Waals surface area contributed by atoms with Gasteiger partial charge in [-0.05, 0) is 24.1 Å². The number of carbonyl (C=O) groups is 1. The van der Waals surface area contributed by atoms with E-state index in [0.717, 1.165) is 11.1 Å². The normalized spacial score (nSPS) is 10.3. The molecule has 1 heterocycles. The summed E-state index contributed by atoms with van der Waals surface area (Å²) in [5.74, 6) is 0.561. The molecular weight excluding hydrogens is 230 g/mol. The number of carbonyl (C=O) groups excluding carboxylic acids is 1. The Kier molecular flexibility index (Phi) is 3.79. The Morgan fingerprint density at radius 1 is 1.28 bits per heavy atom. The van der Waals surface area contributed by atoms with E-state index in [-0.39, 0.29) is 12.5 Å². The van der Waals surface area contributed by atoms with Crippen LogP contribution in [0.15, 0.2) is 41.0 Å². The summed E-state index contributed by atoms with van der Waals surface area (Å²) < 4.78 is 5.08. The zero-order chi connectivity index (χ0) is 13.0. The molecule has 18 heavy (non-hydrogen) atoms. The van der Waals surface area contributed by atoms with Crippen LogP contribution in [0.4, 0.5) is 0 Å². The second kappa shape index (κ2) is 5.51. The van der Waals surface area contributed by atoms with Crippen LogP contribution in [-0.4, -0.2) is 11.0 Å². The summed E-state index contributed by atoms with van der Waals surface area (Å²) in [4.78, 5) is 11.7. The molecule has 0 radical (unpaired) electrons. The molecule has 2 aromatic rings. The fourth-order valence-electron chi connectivity index (χ4n) is 1.61. The topological polar surface area (TPSA) is 62.5 Å². The third-order valence-electron chi connectivity index (χ3n) is 2.65. The van der Waals surface area contributed by atoms with E-state index >= 15 is 0 Å². The van der Waals surface area contributed by atoms with Crippen LogP contribution in [0.1, 0.15) is 27.2 Å². The molecule has 0 atom stereocenters. The average Bonchev–Trinajstić information content (AvgIpc) is 2.83. The fourth-order valence-corrected chi connectivity index (χ4v) is 1.61. The molecule has 0 fully saturated rings. The lowest BCUT2D eigenvalue weighted by Crippen LogP contribution is -2.22. The third kappa shape index (κ3) is 2.99. The first-order valence-electron chi connectivity index (χ1n) is 5.71. The lowest BCUT2D eigenvalue weighted by molar-refractivity contribution is 0.0950. The molecular formula is C14H15NO3.